The van der Waals surface area contributed by atoms with Gasteiger partial charge in [-0.3, -0.25) is 4.98 Å². The van der Waals surface area contributed by atoms with Gasteiger partial charge in [-0.1, -0.05) is 23.7 Å². The Morgan fingerprint density at radius 3 is 2.83 bits per heavy atom. The molecule has 0 atom stereocenters. The maximum absolute atomic E-state index is 6.06. The molecule has 0 bridgehead atoms. The second-order valence-electron chi connectivity index (χ2n) is 4.26. The van der Waals surface area contributed by atoms with E-state index in [0.717, 1.165) is 32.8 Å². The average molecular weight is 254 g/mol. The van der Waals surface area contributed by atoms with Gasteiger partial charge in [0.2, 0.25) is 0 Å². The number of benzene rings is 2. The predicted molar refractivity (Wildman–Crippen MR) is 74.0 cm³/mol. The molecule has 0 radical (unpaired) electrons. The van der Waals surface area contributed by atoms with Crippen LogP contribution in [0.4, 0.5) is 0 Å². The van der Waals surface area contributed by atoms with Crippen molar-refractivity contribution in [1.82, 2.24) is 4.98 Å². The van der Waals surface area contributed by atoms with Crippen LogP contribution in [-0.2, 0) is 0 Å². The quantitative estimate of drug-likeness (QED) is 0.450. The largest absolute Gasteiger partial charge is 0.454 e. The number of aromatic nitrogens is 1. The molecule has 86 valence electrons. The van der Waals surface area contributed by atoms with Gasteiger partial charge in [0, 0.05) is 22.0 Å². The van der Waals surface area contributed by atoms with E-state index in [-0.39, 0.29) is 0 Å². The highest BCUT2D eigenvalue weighted by molar-refractivity contribution is 6.32. The van der Waals surface area contributed by atoms with Crippen molar-refractivity contribution in [3.8, 4) is 0 Å². The smallest absolute Gasteiger partial charge is 0.153 e. The Labute approximate surface area is 108 Å². The number of pyridine rings is 1. The van der Waals surface area contributed by atoms with Crippen LogP contribution in [-0.4, -0.2) is 4.98 Å². The fourth-order valence-corrected chi connectivity index (χ4v) is 2.52. The Balaban J connectivity index is 2.31. The van der Waals surface area contributed by atoms with E-state index in [1.807, 2.05) is 36.4 Å². The lowest BCUT2D eigenvalue weighted by molar-refractivity contribution is 0.672. The van der Waals surface area contributed by atoms with Gasteiger partial charge in [0.05, 0.1) is 0 Å². The molecule has 4 rings (SSSR count). The topological polar surface area (TPSA) is 26.0 Å². The maximum Gasteiger partial charge on any atom is 0.153 e. The van der Waals surface area contributed by atoms with Gasteiger partial charge in [-0.25, -0.2) is 0 Å². The molecule has 0 saturated heterocycles. The van der Waals surface area contributed by atoms with E-state index in [0.29, 0.717) is 5.02 Å². The number of hydrogen-bond donors (Lipinski definition) is 0. The Kier molecular flexibility index (Phi) is 1.91. The van der Waals surface area contributed by atoms with Crippen molar-refractivity contribution >= 4 is 44.4 Å². The molecular weight excluding hydrogens is 246 g/mol. The number of hydrogen-bond acceptors (Lipinski definition) is 2. The molecule has 2 aromatic heterocycles. The summed E-state index contributed by atoms with van der Waals surface area (Å²) in [5, 5.41) is 3.88. The van der Waals surface area contributed by atoms with Crippen LogP contribution in [0.25, 0.3) is 32.8 Å². The summed E-state index contributed by atoms with van der Waals surface area (Å²) in [6.45, 7) is 0. The van der Waals surface area contributed by atoms with E-state index in [4.69, 9.17) is 16.0 Å². The van der Waals surface area contributed by atoms with Crippen molar-refractivity contribution in [3.63, 3.8) is 0 Å². The molecule has 4 aromatic rings. The fourth-order valence-electron chi connectivity index (χ4n) is 2.35. The molecule has 0 aliphatic rings. The van der Waals surface area contributed by atoms with Crippen molar-refractivity contribution in [2.24, 2.45) is 0 Å². The third-order valence-electron chi connectivity index (χ3n) is 3.17. The molecule has 0 aliphatic heterocycles. The summed E-state index contributed by atoms with van der Waals surface area (Å²) < 4.78 is 5.90. The van der Waals surface area contributed by atoms with Crippen LogP contribution in [0.3, 0.4) is 0 Å². The van der Waals surface area contributed by atoms with E-state index in [1.54, 1.807) is 6.20 Å². The summed E-state index contributed by atoms with van der Waals surface area (Å²) in [7, 11) is 0. The first-order valence-electron chi connectivity index (χ1n) is 5.68. The number of nitrogens with zero attached hydrogens (tertiary/aromatic N) is 1. The van der Waals surface area contributed by atoms with Gasteiger partial charge in [-0.15, -0.1) is 0 Å². The van der Waals surface area contributed by atoms with Crippen LogP contribution in [0, 0.1) is 0 Å². The second kappa shape index (κ2) is 3.47. The van der Waals surface area contributed by atoms with E-state index in [1.165, 1.54) is 0 Å². The zero-order valence-electron chi connectivity index (χ0n) is 9.35. The molecule has 2 aromatic carbocycles. The molecule has 0 fully saturated rings. The molecule has 0 amide bonds. The molecule has 0 spiro atoms. The molecule has 18 heavy (non-hydrogen) atoms. The minimum Gasteiger partial charge on any atom is -0.454 e. The van der Waals surface area contributed by atoms with E-state index in [2.05, 4.69) is 11.1 Å². The van der Waals surface area contributed by atoms with Crippen LogP contribution < -0.4 is 0 Å². The molecule has 2 heterocycles. The molecule has 3 heteroatoms. The van der Waals surface area contributed by atoms with Crippen LogP contribution >= 0.6 is 11.6 Å². The number of halogens is 1. The third-order valence-corrected chi connectivity index (χ3v) is 3.41. The zero-order chi connectivity index (χ0) is 12.1. The van der Waals surface area contributed by atoms with Gasteiger partial charge in [-0.05, 0) is 35.7 Å². The first kappa shape index (κ1) is 9.92. The highest BCUT2D eigenvalue weighted by Gasteiger charge is 2.10. The van der Waals surface area contributed by atoms with Gasteiger partial charge in [0.15, 0.2) is 5.58 Å². The first-order valence-corrected chi connectivity index (χ1v) is 6.06. The molecule has 2 nitrogen and oxygen atoms in total. The van der Waals surface area contributed by atoms with Crippen molar-refractivity contribution in [1.29, 1.82) is 0 Å². The SMILES string of the molecule is Clc1ccc2ccc3c4ncccc4oc3c2c1. The summed E-state index contributed by atoms with van der Waals surface area (Å²) >= 11 is 6.06. The highest BCUT2D eigenvalue weighted by atomic mass is 35.5. The Bertz CT molecular complexity index is 895. The zero-order valence-corrected chi connectivity index (χ0v) is 10.1. The van der Waals surface area contributed by atoms with E-state index < -0.39 is 0 Å². The standard InChI is InChI=1S/C15H8ClNO/c16-10-5-3-9-4-6-11-14-13(2-1-7-17-14)18-15(11)12(9)8-10/h1-8H. The Morgan fingerprint density at radius 1 is 1.00 bits per heavy atom. The second-order valence-corrected chi connectivity index (χ2v) is 4.70. The lowest BCUT2D eigenvalue weighted by atomic mass is 10.1. The lowest BCUT2D eigenvalue weighted by Crippen LogP contribution is -1.75. The summed E-state index contributed by atoms with van der Waals surface area (Å²) in [6.07, 6.45) is 1.78. The summed E-state index contributed by atoms with van der Waals surface area (Å²) in [6, 6.07) is 13.7. The van der Waals surface area contributed by atoms with Crippen LogP contribution in [0.15, 0.2) is 53.1 Å². The third kappa shape index (κ3) is 1.27. The van der Waals surface area contributed by atoms with Crippen molar-refractivity contribution in [2.45, 2.75) is 0 Å². The van der Waals surface area contributed by atoms with Crippen LogP contribution in [0.1, 0.15) is 0 Å². The summed E-state index contributed by atoms with van der Waals surface area (Å²) in [5.41, 5.74) is 2.55. The Morgan fingerprint density at radius 2 is 1.89 bits per heavy atom. The van der Waals surface area contributed by atoms with Gasteiger partial charge in [0.25, 0.3) is 0 Å². The predicted octanol–water partition coefficient (Wildman–Crippen LogP) is 4.79. The summed E-state index contributed by atoms with van der Waals surface area (Å²) in [5.74, 6) is 0. The maximum atomic E-state index is 6.06. The monoisotopic (exact) mass is 253 g/mol. The first-order chi connectivity index (χ1) is 8.83. The lowest BCUT2D eigenvalue weighted by Gasteiger charge is -1.98. The van der Waals surface area contributed by atoms with Gasteiger partial charge in [0.1, 0.15) is 11.1 Å². The molecular formula is C15H8ClNO. The number of furan rings is 1. The minimum absolute atomic E-state index is 0.711. The molecule has 0 N–H and O–H groups in total. The van der Waals surface area contributed by atoms with Crippen LogP contribution in [0.2, 0.25) is 5.02 Å². The number of rotatable bonds is 0. The molecule has 0 unspecified atom stereocenters. The summed E-state index contributed by atoms with van der Waals surface area (Å²) in [4.78, 5) is 4.37. The van der Waals surface area contributed by atoms with Crippen LogP contribution in [0.5, 0.6) is 0 Å². The van der Waals surface area contributed by atoms with Crippen molar-refractivity contribution in [3.05, 3.63) is 53.7 Å². The van der Waals surface area contributed by atoms with Gasteiger partial charge < -0.3 is 4.42 Å². The van der Waals surface area contributed by atoms with E-state index in [9.17, 15) is 0 Å². The average Bonchev–Trinajstić information content (AvgIpc) is 2.78. The molecule has 0 aliphatic carbocycles. The normalized spacial score (nSPS) is 11.6. The molecule has 0 saturated carbocycles. The number of fused-ring (bicyclic) bond motifs is 5. The van der Waals surface area contributed by atoms with Gasteiger partial charge in [-0.2, -0.15) is 0 Å². The fraction of sp³-hybridized carbons (Fsp3) is 0. The minimum atomic E-state index is 0.711. The highest BCUT2D eigenvalue weighted by Crippen LogP contribution is 2.33. The van der Waals surface area contributed by atoms with Gasteiger partial charge >= 0.3 is 0 Å². The van der Waals surface area contributed by atoms with Crippen molar-refractivity contribution in [2.75, 3.05) is 0 Å². The van der Waals surface area contributed by atoms with Crippen molar-refractivity contribution < 1.29 is 4.42 Å². The Hall–Kier alpha value is -2.06. The van der Waals surface area contributed by atoms with E-state index >= 15 is 0 Å².